The molecule has 0 aliphatic carbocycles. The second-order valence-corrected chi connectivity index (χ2v) is 9.76. The molecule has 0 fully saturated rings. The van der Waals surface area contributed by atoms with E-state index in [1.165, 1.54) is 23.5 Å². The van der Waals surface area contributed by atoms with Crippen LogP contribution in [0.4, 0.5) is 16.0 Å². The smallest absolute Gasteiger partial charge is 0.326 e. The maximum Gasteiger partial charge on any atom is 0.326 e. The quantitative estimate of drug-likeness (QED) is 0.269. The monoisotopic (exact) mass is 524 g/mol. The second-order valence-electron chi connectivity index (χ2n) is 9.76. The van der Waals surface area contributed by atoms with Crippen molar-refractivity contribution in [3.63, 3.8) is 0 Å². The third kappa shape index (κ3) is 7.14. The zero-order chi connectivity index (χ0) is 26.9. The Morgan fingerprint density at radius 1 is 1.26 bits per heavy atom. The number of hydrogen-bond donors (Lipinski definition) is 3. The number of aromatic nitrogens is 3. The van der Waals surface area contributed by atoms with Crippen molar-refractivity contribution in [3.05, 3.63) is 53.2 Å². The van der Waals surface area contributed by atoms with Crippen molar-refractivity contribution in [2.75, 3.05) is 50.5 Å². The number of ether oxygens (including phenoxy) is 1. The first-order chi connectivity index (χ1) is 18.5. The Balaban J connectivity index is 1.32. The normalized spacial score (nSPS) is 13.8. The number of carboxylic acid groups (broad SMARTS) is 1. The summed E-state index contributed by atoms with van der Waals surface area (Å²) in [6.07, 6.45) is 6.71. The number of carbonyl (C=O) groups is 1. The molecule has 0 saturated carbocycles. The molecule has 204 valence electrons. The van der Waals surface area contributed by atoms with Crippen LogP contribution in [-0.4, -0.2) is 76.9 Å². The van der Waals surface area contributed by atoms with Crippen LogP contribution in [0.3, 0.4) is 0 Å². The topological polar surface area (TPSA) is 113 Å². The second kappa shape index (κ2) is 13.4. The lowest BCUT2D eigenvalue weighted by atomic mass is 10.0. The van der Waals surface area contributed by atoms with Crippen molar-refractivity contribution < 1.29 is 19.0 Å². The van der Waals surface area contributed by atoms with Crippen LogP contribution in [0, 0.1) is 12.7 Å². The average molecular weight is 525 g/mol. The zero-order valence-electron chi connectivity index (χ0n) is 22.2. The highest BCUT2D eigenvalue weighted by atomic mass is 19.1. The summed E-state index contributed by atoms with van der Waals surface area (Å²) in [5.41, 5.74) is 3.86. The first-order valence-corrected chi connectivity index (χ1v) is 13.3. The van der Waals surface area contributed by atoms with E-state index < -0.39 is 17.8 Å². The number of aryl methyl sites for hydroxylation is 3. The van der Waals surface area contributed by atoms with Crippen molar-refractivity contribution >= 4 is 28.5 Å². The minimum absolute atomic E-state index is 0.162. The van der Waals surface area contributed by atoms with Gasteiger partial charge in [-0.1, -0.05) is 12.1 Å². The molecule has 0 saturated heterocycles. The number of hydrogen-bond acceptors (Lipinski definition) is 8. The maximum absolute atomic E-state index is 14.1. The molecule has 0 unspecified atom stereocenters. The summed E-state index contributed by atoms with van der Waals surface area (Å²) in [5, 5.41) is 16.7. The van der Waals surface area contributed by atoms with E-state index in [4.69, 9.17) is 9.72 Å². The molecule has 0 radical (unpaired) electrons. The molecular formula is C28H37FN6O3. The van der Waals surface area contributed by atoms with Gasteiger partial charge in [0.1, 0.15) is 35.3 Å². The number of unbranched alkanes of at least 4 members (excludes halogenated alkanes) is 1. The molecule has 1 aliphatic heterocycles. The Kier molecular flexibility index (Phi) is 9.78. The molecule has 3 aromatic rings. The summed E-state index contributed by atoms with van der Waals surface area (Å²) in [5.74, 6) is -0.109. The Labute approximate surface area is 222 Å². The predicted molar refractivity (Wildman–Crippen MR) is 146 cm³/mol. The van der Waals surface area contributed by atoms with Crippen molar-refractivity contribution in [3.8, 4) is 0 Å². The zero-order valence-corrected chi connectivity index (χ0v) is 22.2. The third-order valence-corrected chi connectivity index (χ3v) is 7.02. The van der Waals surface area contributed by atoms with Gasteiger partial charge in [-0.25, -0.2) is 24.1 Å². The van der Waals surface area contributed by atoms with Gasteiger partial charge in [0.15, 0.2) is 0 Å². The lowest BCUT2D eigenvalue weighted by Crippen LogP contribution is -2.37. The summed E-state index contributed by atoms with van der Waals surface area (Å²) < 4.78 is 19.4. The van der Waals surface area contributed by atoms with E-state index in [1.54, 1.807) is 19.2 Å². The van der Waals surface area contributed by atoms with Crippen LogP contribution >= 0.6 is 0 Å². The van der Waals surface area contributed by atoms with Crippen LogP contribution < -0.4 is 10.6 Å². The van der Waals surface area contributed by atoms with E-state index in [0.29, 0.717) is 37.3 Å². The Hall–Kier alpha value is -3.37. The first-order valence-electron chi connectivity index (χ1n) is 13.3. The van der Waals surface area contributed by atoms with E-state index >= 15 is 0 Å². The lowest BCUT2D eigenvalue weighted by molar-refractivity contribution is -0.138. The lowest BCUT2D eigenvalue weighted by Gasteiger charge is -2.24. The summed E-state index contributed by atoms with van der Waals surface area (Å²) in [6, 6.07) is 5.95. The van der Waals surface area contributed by atoms with Crippen LogP contribution in [0.1, 0.15) is 42.5 Å². The number of pyridine rings is 1. The van der Waals surface area contributed by atoms with Gasteiger partial charge < -0.3 is 25.4 Å². The van der Waals surface area contributed by atoms with Crippen molar-refractivity contribution in [1.29, 1.82) is 0 Å². The molecule has 38 heavy (non-hydrogen) atoms. The summed E-state index contributed by atoms with van der Waals surface area (Å²) in [4.78, 5) is 27.3. The number of nitrogens with zero attached hydrogens (tertiary/aromatic N) is 4. The largest absolute Gasteiger partial charge is 0.480 e. The molecule has 3 heterocycles. The molecular weight excluding hydrogens is 487 g/mol. The van der Waals surface area contributed by atoms with Gasteiger partial charge in [-0.05, 0) is 75.3 Å². The number of rotatable bonds is 14. The molecule has 1 aliphatic rings. The minimum atomic E-state index is -0.984. The Morgan fingerprint density at radius 2 is 2.13 bits per heavy atom. The fraction of sp³-hybridized carbons (Fsp3) is 0.500. The van der Waals surface area contributed by atoms with Gasteiger partial charge >= 0.3 is 5.97 Å². The Morgan fingerprint density at radius 3 is 2.95 bits per heavy atom. The fourth-order valence-electron chi connectivity index (χ4n) is 4.87. The van der Waals surface area contributed by atoms with Crippen LogP contribution in [0.2, 0.25) is 0 Å². The average Bonchev–Trinajstić information content (AvgIpc) is 2.91. The standard InChI is InChI=1S/C28H37FN6O3/c1-19-17-20-7-6-12-30-26(20)33-23(19)10-3-4-13-35(15-16-38-2)14-11-24(28(36)37)34-27-21-8-5-9-22(29)25(21)31-18-32-27/h5,8-9,17-18,24H,3-4,6-7,10-16H2,1-2H3,(H,30,33)(H,36,37)(H,31,32,34)/t24-/m0/s1. The number of para-hydroxylation sites is 1. The number of anilines is 2. The predicted octanol–water partition coefficient (Wildman–Crippen LogP) is 4.06. The molecule has 0 bridgehead atoms. The SMILES string of the molecule is COCCN(CCCCc1nc2c(cc1C)CCCN2)CC[C@H](Nc1ncnc2c(F)cccc12)C(=O)O. The minimum Gasteiger partial charge on any atom is -0.480 e. The summed E-state index contributed by atoms with van der Waals surface area (Å²) in [6.45, 7) is 5.80. The van der Waals surface area contributed by atoms with Crippen LogP contribution in [0.25, 0.3) is 10.9 Å². The van der Waals surface area contributed by atoms with E-state index in [2.05, 4.69) is 38.5 Å². The molecule has 0 amide bonds. The molecule has 0 spiro atoms. The summed E-state index contributed by atoms with van der Waals surface area (Å²) >= 11 is 0. The van der Waals surface area contributed by atoms with Crippen molar-refractivity contribution in [2.45, 2.75) is 51.5 Å². The van der Waals surface area contributed by atoms with Crippen molar-refractivity contribution in [1.82, 2.24) is 19.9 Å². The number of aliphatic carboxylic acids is 1. The van der Waals surface area contributed by atoms with Crippen molar-refractivity contribution in [2.24, 2.45) is 0 Å². The highest BCUT2D eigenvalue weighted by molar-refractivity contribution is 5.91. The van der Waals surface area contributed by atoms with Crippen LogP contribution in [0.5, 0.6) is 0 Å². The van der Waals surface area contributed by atoms with Gasteiger partial charge in [0.25, 0.3) is 0 Å². The van der Waals surface area contributed by atoms with E-state index in [9.17, 15) is 14.3 Å². The molecule has 2 aromatic heterocycles. The maximum atomic E-state index is 14.1. The number of fused-ring (bicyclic) bond motifs is 2. The Bertz CT molecular complexity index is 1240. The third-order valence-electron chi connectivity index (χ3n) is 7.02. The van der Waals surface area contributed by atoms with Gasteiger partial charge in [-0.15, -0.1) is 0 Å². The van der Waals surface area contributed by atoms with Crippen LogP contribution in [-0.2, 0) is 22.4 Å². The van der Waals surface area contributed by atoms with Gasteiger partial charge in [0.05, 0.1) is 6.61 Å². The van der Waals surface area contributed by atoms with E-state index in [0.717, 1.165) is 56.7 Å². The molecule has 9 nitrogen and oxygen atoms in total. The first kappa shape index (κ1) is 27.7. The van der Waals surface area contributed by atoms with E-state index in [1.807, 2.05) is 0 Å². The number of halogens is 1. The molecule has 3 N–H and O–H groups in total. The molecule has 1 atom stereocenters. The number of nitrogens with one attached hydrogen (secondary N) is 2. The van der Waals surface area contributed by atoms with Gasteiger partial charge in [-0.2, -0.15) is 0 Å². The summed E-state index contributed by atoms with van der Waals surface area (Å²) in [7, 11) is 1.66. The fourth-order valence-corrected chi connectivity index (χ4v) is 4.87. The number of benzene rings is 1. The highest BCUT2D eigenvalue weighted by Crippen LogP contribution is 2.24. The number of carboxylic acids is 1. The van der Waals surface area contributed by atoms with Gasteiger partial charge in [0.2, 0.25) is 0 Å². The molecule has 4 rings (SSSR count). The molecule has 1 aromatic carbocycles. The number of methoxy groups -OCH3 is 1. The van der Waals surface area contributed by atoms with E-state index in [-0.39, 0.29) is 5.52 Å². The van der Waals surface area contributed by atoms with Crippen LogP contribution in [0.15, 0.2) is 30.6 Å². The highest BCUT2D eigenvalue weighted by Gasteiger charge is 2.21. The van der Waals surface area contributed by atoms with Gasteiger partial charge in [-0.3, -0.25) is 0 Å². The molecule has 10 heteroatoms. The van der Waals surface area contributed by atoms with Gasteiger partial charge in [0, 0.05) is 37.8 Å².